The number of benzene rings is 2. The number of carbonyl (C=O) groups is 2. The normalized spacial score (nSPS) is 14.0. The Kier molecular flexibility index (Phi) is 7.49. The number of hydrogen-bond acceptors (Lipinski definition) is 7. The molecule has 1 heterocycles. The minimum Gasteiger partial charge on any atom is -0.486 e. The van der Waals surface area contributed by atoms with Gasteiger partial charge in [-0.05, 0) is 30.2 Å². The van der Waals surface area contributed by atoms with Crippen LogP contribution in [0.4, 0.5) is 14.5 Å². The van der Waals surface area contributed by atoms with Crippen LogP contribution in [-0.2, 0) is 24.3 Å². The summed E-state index contributed by atoms with van der Waals surface area (Å²) in [6, 6.07) is 5.20. The first-order valence-electron chi connectivity index (χ1n) is 9.90. The van der Waals surface area contributed by atoms with E-state index in [4.69, 9.17) is 14.2 Å². The smallest absolute Gasteiger partial charge is 0.324 e. The first-order chi connectivity index (χ1) is 15.6. The van der Waals surface area contributed by atoms with E-state index in [2.05, 4.69) is 10.0 Å². The van der Waals surface area contributed by atoms with Crippen molar-refractivity contribution >= 4 is 27.6 Å². The van der Waals surface area contributed by atoms with Gasteiger partial charge in [-0.15, -0.1) is 0 Å². The lowest BCUT2D eigenvalue weighted by Gasteiger charge is -2.22. The number of amides is 1. The number of sulfonamides is 1. The third kappa shape index (κ3) is 6.17. The van der Waals surface area contributed by atoms with Crippen LogP contribution < -0.4 is 19.5 Å². The van der Waals surface area contributed by atoms with Crippen molar-refractivity contribution in [3.63, 3.8) is 0 Å². The molecule has 12 heteroatoms. The van der Waals surface area contributed by atoms with Gasteiger partial charge in [0.2, 0.25) is 10.0 Å². The number of nitrogens with one attached hydrogen (secondary N) is 2. The van der Waals surface area contributed by atoms with Crippen molar-refractivity contribution in [2.24, 2.45) is 5.92 Å². The van der Waals surface area contributed by atoms with Gasteiger partial charge in [0.15, 0.2) is 18.1 Å². The average Bonchev–Trinajstić information content (AvgIpc) is 2.77. The van der Waals surface area contributed by atoms with Crippen LogP contribution in [0.5, 0.6) is 11.5 Å². The number of halogens is 2. The van der Waals surface area contributed by atoms with Gasteiger partial charge in [-0.3, -0.25) is 9.59 Å². The zero-order valence-electron chi connectivity index (χ0n) is 17.8. The Morgan fingerprint density at radius 1 is 1.06 bits per heavy atom. The molecule has 0 aliphatic carbocycles. The van der Waals surface area contributed by atoms with Crippen LogP contribution >= 0.6 is 0 Å². The molecular formula is C21H22F2N2O7S. The fraction of sp³-hybridized carbons (Fsp3) is 0.333. The van der Waals surface area contributed by atoms with Crippen molar-refractivity contribution in [2.45, 2.75) is 24.8 Å². The molecule has 33 heavy (non-hydrogen) atoms. The van der Waals surface area contributed by atoms with E-state index in [0.29, 0.717) is 12.4 Å². The van der Waals surface area contributed by atoms with Gasteiger partial charge in [0.05, 0.1) is 10.6 Å². The van der Waals surface area contributed by atoms with E-state index in [9.17, 15) is 26.8 Å². The zero-order valence-corrected chi connectivity index (χ0v) is 18.6. The first kappa shape index (κ1) is 24.4. The summed E-state index contributed by atoms with van der Waals surface area (Å²) in [5.74, 6) is -3.45. The topological polar surface area (TPSA) is 120 Å². The molecule has 0 saturated carbocycles. The van der Waals surface area contributed by atoms with Crippen molar-refractivity contribution < 1.29 is 41.0 Å². The number of rotatable bonds is 8. The van der Waals surface area contributed by atoms with Crippen LogP contribution in [0.3, 0.4) is 0 Å². The van der Waals surface area contributed by atoms with Crippen LogP contribution in [0.2, 0.25) is 0 Å². The Bertz CT molecular complexity index is 1160. The van der Waals surface area contributed by atoms with Crippen molar-refractivity contribution in [2.75, 3.05) is 25.1 Å². The van der Waals surface area contributed by atoms with E-state index < -0.39 is 57.8 Å². The summed E-state index contributed by atoms with van der Waals surface area (Å²) in [5.41, 5.74) is -0.421. The molecule has 178 valence electrons. The standard InChI is InChI=1S/C21H22F2N2O7S/c1-12(2)20(21(27)32-11-19(26)24-16-9-13(22)3-5-15(16)23)25-33(28,29)14-4-6-17-18(10-14)31-8-7-30-17/h3-6,9-10,12,20,25H,7-8,11H2,1-2H3,(H,24,26)/t20-/m0/s1. The summed E-state index contributed by atoms with van der Waals surface area (Å²) in [5, 5.41) is 2.08. The molecule has 1 atom stereocenters. The molecule has 2 N–H and O–H groups in total. The van der Waals surface area contributed by atoms with E-state index in [0.717, 1.165) is 18.2 Å². The summed E-state index contributed by atoms with van der Waals surface area (Å²) in [4.78, 5) is 24.3. The van der Waals surface area contributed by atoms with Gasteiger partial charge < -0.3 is 19.5 Å². The SMILES string of the molecule is CC(C)[C@H](NS(=O)(=O)c1ccc2c(c1)OCCO2)C(=O)OCC(=O)Nc1cc(F)ccc1F. The Balaban J connectivity index is 1.65. The molecule has 0 spiro atoms. The predicted octanol–water partition coefficient (Wildman–Crippen LogP) is 2.22. The third-order valence-corrected chi connectivity index (χ3v) is 6.01. The maximum absolute atomic E-state index is 13.6. The van der Waals surface area contributed by atoms with Gasteiger partial charge in [-0.25, -0.2) is 17.2 Å². The molecule has 0 unspecified atom stereocenters. The fourth-order valence-corrected chi connectivity index (χ4v) is 4.24. The van der Waals surface area contributed by atoms with Crippen molar-refractivity contribution in [1.29, 1.82) is 0 Å². The van der Waals surface area contributed by atoms with E-state index in [-0.39, 0.29) is 17.3 Å². The summed E-state index contributed by atoms with van der Waals surface area (Å²) >= 11 is 0. The summed E-state index contributed by atoms with van der Waals surface area (Å²) in [6.07, 6.45) is 0. The monoisotopic (exact) mass is 484 g/mol. The van der Waals surface area contributed by atoms with Crippen molar-refractivity contribution in [3.8, 4) is 11.5 Å². The molecule has 2 aromatic rings. The Morgan fingerprint density at radius 3 is 2.45 bits per heavy atom. The predicted molar refractivity (Wildman–Crippen MR) is 112 cm³/mol. The maximum atomic E-state index is 13.6. The third-order valence-electron chi connectivity index (χ3n) is 4.57. The molecule has 2 aromatic carbocycles. The Morgan fingerprint density at radius 2 is 1.76 bits per heavy atom. The average molecular weight is 484 g/mol. The van der Waals surface area contributed by atoms with Crippen LogP contribution in [0.25, 0.3) is 0 Å². The highest BCUT2D eigenvalue weighted by atomic mass is 32.2. The Hall–Kier alpha value is -3.25. The summed E-state index contributed by atoms with van der Waals surface area (Å²) in [7, 11) is -4.16. The largest absolute Gasteiger partial charge is 0.486 e. The van der Waals surface area contributed by atoms with Crippen LogP contribution in [0.15, 0.2) is 41.3 Å². The molecule has 0 fully saturated rings. The number of esters is 1. The first-order valence-corrected chi connectivity index (χ1v) is 11.4. The van der Waals surface area contributed by atoms with Crippen molar-refractivity contribution in [3.05, 3.63) is 48.0 Å². The van der Waals surface area contributed by atoms with Gasteiger partial charge >= 0.3 is 5.97 Å². The second-order valence-electron chi connectivity index (χ2n) is 7.43. The van der Waals surface area contributed by atoms with Crippen molar-refractivity contribution in [1.82, 2.24) is 4.72 Å². The van der Waals surface area contributed by atoms with E-state index in [1.54, 1.807) is 13.8 Å². The van der Waals surface area contributed by atoms with E-state index in [1.807, 2.05) is 0 Å². The molecule has 9 nitrogen and oxygen atoms in total. The second-order valence-corrected chi connectivity index (χ2v) is 9.14. The van der Waals surface area contributed by atoms with E-state index in [1.165, 1.54) is 18.2 Å². The lowest BCUT2D eigenvalue weighted by molar-refractivity contribution is -0.150. The molecule has 0 aromatic heterocycles. The maximum Gasteiger partial charge on any atom is 0.324 e. The zero-order chi connectivity index (χ0) is 24.2. The van der Waals surface area contributed by atoms with Crippen LogP contribution in [-0.4, -0.2) is 46.2 Å². The molecule has 0 saturated heterocycles. The van der Waals surface area contributed by atoms with Gasteiger partial charge in [0.25, 0.3) is 5.91 Å². The highest BCUT2D eigenvalue weighted by Crippen LogP contribution is 2.32. The Labute approximate surface area is 189 Å². The molecule has 0 bridgehead atoms. The highest BCUT2D eigenvalue weighted by molar-refractivity contribution is 7.89. The lowest BCUT2D eigenvalue weighted by Crippen LogP contribution is -2.45. The molecule has 3 rings (SSSR count). The number of anilines is 1. The minimum atomic E-state index is -4.16. The quantitative estimate of drug-likeness (QED) is 0.552. The lowest BCUT2D eigenvalue weighted by atomic mass is 10.1. The van der Waals surface area contributed by atoms with Gasteiger partial charge in [0.1, 0.15) is 30.9 Å². The van der Waals surface area contributed by atoms with E-state index >= 15 is 0 Å². The number of ether oxygens (including phenoxy) is 3. The molecule has 0 radical (unpaired) electrons. The number of fused-ring (bicyclic) bond motifs is 1. The van der Waals surface area contributed by atoms with Gasteiger partial charge in [-0.1, -0.05) is 13.8 Å². The number of hydrogen-bond donors (Lipinski definition) is 2. The highest BCUT2D eigenvalue weighted by Gasteiger charge is 2.31. The summed E-state index contributed by atoms with van der Waals surface area (Å²) < 4.78 is 70.4. The number of carbonyl (C=O) groups excluding carboxylic acids is 2. The second kappa shape index (κ2) is 10.1. The molecule has 1 amide bonds. The molecule has 1 aliphatic rings. The van der Waals surface area contributed by atoms with Crippen LogP contribution in [0.1, 0.15) is 13.8 Å². The van der Waals surface area contributed by atoms with Crippen LogP contribution in [0, 0.1) is 17.6 Å². The van der Waals surface area contributed by atoms with Gasteiger partial charge in [-0.2, -0.15) is 4.72 Å². The van der Waals surface area contributed by atoms with Gasteiger partial charge in [0, 0.05) is 12.1 Å². The minimum absolute atomic E-state index is 0.149. The molecule has 1 aliphatic heterocycles. The summed E-state index contributed by atoms with van der Waals surface area (Å²) in [6.45, 7) is 2.95. The molecular weight excluding hydrogens is 462 g/mol. The fourth-order valence-electron chi connectivity index (χ4n) is 2.89.